The minimum Gasteiger partial charge on any atom is -0.486 e. The molecule has 0 spiro atoms. The standard InChI is InChI=1S/C19H20N2O5/c1-19(24,13-5-3-2-4-6-13)12-20-17(22)18(23)21-14-7-8-15-16(11-14)26-10-9-25-15/h2-8,11,24H,9-10,12H2,1H3,(H,20,22)(H,21,23). The predicted octanol–water partition coefficient (Wildman–Crippen LogP) is 1.42. The Morgan fingerprint density at radius 1 is 1.04 bits per heavy atom. The highest BCUT2D eigenvalue weighted by Crippen LogP contribution is 2.32. The van der Waals surface area contributed by atoms with Crippen molar-refractivity contribution in [1.29, 1.82) is 0 Å². The van der Waals surface area contributed by atoms with Gasteiger partial charge in [-0.05, 0) is 24.6 Å². The van der Waals surface area contributed by atoms with Crippen LogP contribution < -0.4 is 20.1 Å². The third-order valence-corrected chi connectivity index (χ3v) is 4.00. The van der Waals surface area contributed by atoms with Gasteiger partial charge >= 0.3 is 11.8 Å². The van der Waals surface area contributed by atoms with Crippen LogP contribution in [0.1, 0.15) is 12.5 Å². The second kappa shape index (κ2) is 7.45. The van der Waals surface area contributed by atoms with Gasteiger partial charge in [0.1, 0.15) is 18.8 Å². The average molecular weight is 356 g/mol. The SMILES string of the molecule is CC(O)(CNC(=O)C(=O)Nc1ccc2c(c1)OCCO2)c1ccccc1. The van der Waals surface area contributed by atoms with Crippen LogP contribution in [0.25, 0.3) is 0 Å². The molecule has 2 aromatic rings. The van der Waals surface area contributed by atoms with E-state index in [4.69, 9.17) is 9.47 Å². The molecule has 0 saturated heterocycles. The fourth-order valence-corrected chi connectivity index (χ4v) is 2.54. The van der Waals surface area contributed by atoms with Crippen molar-refractivity contribution in [3.8, 4) is 11.5 Å². The first-order chi connectivity index (χ1) is 12.5. The number of anilines is 1. The lowest BCUT2D eigenvalue weighted by molar-refractivity contribution is -0.136. The van der Waals surface area contributed by atoms with Gasteiger partial charge in [0.05, 0.1) is 6.54 Å². The van der Waals surface area contributed by atoms with E-state index in [1.54, 1.807) is 49.4 Å². The van der Waals surface area contributed by atoms with Crippen LogP contribution >= 0.6 is 0 Å². The molecule has 0 saturated carbocycles. The minimum absolute atomic E-state index is 0.0929. The van der Waals surface area contributed by atoms with E-state index in [1.807, 2.05) is 6.07 Å². The summed E-state index contributed by atoms with van der Waals surface area (Å²) in [4.78, 5) is 24.1. The highest BCUT2D eigenvalue weighted by molar-refractivity contribution is 6.39. The molecule has 7 heteroatoms. The van der Waals surface area contributed by atoms with Gasteiger partial charge in [-0.15, -0.1) is 0 Å². The second-order valence-electron chi connectivity index (χ2n) is 6.14. The summed E-state index contributed by atoms with van der Waals surface area (Å²) in [5.74, 6) is -0.555. The molecule has 0 fully saturated rings. The summed E-state index contributed by atoms with van der Waals surface area (Å²) >= 11 is 0. The van der Waals surface area contributed by atoms with Crippen LogP contribution in [0.15, 0.2) is 48.5 Å². The van der Waals surface area contributed by atoms with Gasteiger partial charge in [0.15, 0.2) is 11.5 Å². The maximum Gasteiger partial charge on any atom is 0.313 e. The molecular weight excluding hydrogens is 336 g/mol. The Labute approximate surface area is 150 Å². The maximum absolute atomic E-state index is 12.1. The van der Waals surface area contributed by atoms with E-state index >= 15 is 0 Å². The zero-order valence-electron chi connectivity index (χ0n) is 14.3. The molecule has 1 heterocycles. The quantitative estimate of drug-likeness (QED) is 0.720. The van der Waals surface area contributed by atoms with Crippen molar-refractivity contribution < 1.29 is 24.2 Å². The molecule has 1 atom stereocenters. The van der Waals surface area contributed by atoms with E-state index < -0.39 is 17.4 Å². The van der Waals surface area contributed by atoms with Crippen LogP contribution in [-0.2, 0) is 15.2 Å². The monoisotopic (exact) mass is 356 g/mol. The van der Waals surface area contributed by atoms with Crippen LogP contribution in [0.2, 0.25) is 0 Å². The molecule has 2 aromatic carbocycles. The third kappa shape index (κ3) is 4.12. The molecule has 2 amide bonds. The van der Waals surface area contributed by atoms with Crippen molar-refractivity contribution in [2.45, 2.75) is 12.5 Å². The van der Waals surface area contributed by atoms with Crippen molar-refractivity contribution in [3.63, 3.8) is 0 Å². The number of hydrogen-bond acceptors (Lipinski definition) is 5. The molecule has 0 aromatic heterocycles. The lowest BCUT2D eigenvalue weighted by atomic mass is 9.96. The van der Waals surface area contributed by atoms with Gasteiger partial charge in [-0.2, -0.15) is 0 Å². The van der Waals surface area contributed by atoms with Crippen LogP contribution in [-0.4, -0.2) is 36.7 Å². The number of benzene rings is 2. The van der Waals surface area contributed by atoms with Crippen LogP contribution in [0.3, 0.4) is 0 Å². The molecule has 1 aliphatic heterocycles. The zero-order valence-corrected chi connectivity index (χ0v) is 14.3. The van der Waals surface area contributed by atoms with Crippen molar-refractivity contribution in [2.75, 3.05) is 25.1 Å². The van der Waals surface area contributed by atoms with Crippen LogP contribution in [0, 0.1) is 0 Å². The third-order valence-electron chi connectivity index (χ3n) is 4.00. The Morgan fingerprint density at radius 2 is 1.73 bits per heavy atom. The summed E-state index contributed by atoms with van der Waals surface area (Å²) in [5.41, 5.74) is -0.217. The largest absolute Gasteiger partial charge is 0.486 e. The summed E-state index contributed by atoms with van der Waals surface area (Å²) in [6.45, 7) is 2.38. The van der Waals surface area contributed by atoms with Gasteiger partial charge in [-0.1, -0.05) is 30.3 Å². The fourth-order valence-electron chi connectivity index (χ4n) is 2.54. The topological polar surface area (TPSA) is 96.9 Å². The Morgan fingerprint density at radius 3 is 2.46 bits per heavy atom. The molecule has 3 rings (SSSR count). The first-order valence-electron chi connectivity index (χ1n) is 8.22. The first-order valence-corrected chi connectivity index (χ1v) is 8.22. The van der Waals surface area contributed by atoms with Crippen LogP contribution in [0.5, 0.6) is 11.5 Å². The summed E-state index contributed by atoms with van der Waals surface area (Å²) < 4.78 is 10.8. The lowest BCUT2D eigenvalue weighted by Gasteiger charge is -2.24. The van der Waals surface area contributed by atoms with Crippen molar-refractivity contribution in [2.24, 2.45) is 0 Å². The molecule has 0 radical (unpaired) electrons. The number of amides is 2. The summed E-state index contributed by atoms with van der Waals surface area (Å²) in [5, 5.41) is 15.4. The normalized spacial score (nSPS) is 14.8. The van der Waals surface area contributed by atoms with E-state index in [2.05, 4.69) is 10.6 Å². The molecular formula is C19H20N2O5. The number of carbonyl (C=O) groups excluding carboxylic acids is 2. The van der Waals surface area contributed by atoms with Crippen molar-refractivity contribution >= 4 is 17.5 Å². The molecule has 7 nitrogen and oxygen atoms in total. The minimum atomic E-state index is -1.28. The molecule has 0 bridgehead atoms. The number of nitrogens with one attached hydrogen (secondary N) is 2. The smallest absolute Gasteiger partial charge is 0.313 e. The number of rotatable bonds is 4. The van der Waals surface area contributed by atoms with Gasteiger partial charge in [-0.3, -0.25) is 9.59 Å². The Balaban J connectivity index is 1.57. The highest BCUT2D eigenvalue weighted by Gasteiger charge is 2.25. The average Bonchev–Trinajstić information content (AvgIpc) is 2.66. The molecule has 1 aliphatic rings. The Hall–Kier alpha value is -3.06. The number of carbonyl (C=O) groups is 2. The van der Waals surface area contributed by atoms with E-state index in [1.165, 1.54) is 0 Å². The zero-order chi connectivity index (χ0) is 18.6. The fraction of sp³-hybridized carbons (Fsp3) is 0.263. The van der Waals surface area contributed by atoms with Gasteiger partial charge in [0.2, 0.25) is 0 Å². The van der Waals surface area contributed by atoms with Crippen molar-refractivity contribution in [3.05, 3.63) is 54.1 Å². The first kappa shape index (κ1) is 17.8. The van der Waals surface area contributed by atoms with Gasteiger partial charge in [0.25, 0.3) is 0 Å². The van der Waals surface area contributed by atoms with Crippen LogP contribution in [0.4, 0.5) is 5.69 Å². The Bertz CT molecular complexity index is 805. The van der Waals surface area contributed by atoms with E-state index in [0.29, 0.717) is 36.0 Å². The van der Waals surface area contributed by atoms with Crippen molar-refractivity contribution in [1.82, 2.24) is 5.32 Å². The number of fused-ring (bicyclic) bond motifs is 1. The summed E-state index contributed by atoms with van der Waals surface area (Å²) in [7, 11) is 0. The number of ether oxygens (including phenoxy) is 2. The molecule has 0 aliphatic carbocycles. The van der Waals surface area contributed by atoms with E-state index in [0.717, 1.165) is 0 Å². The van der Waals surface area contributed by atoms with E-state index in [9.17, 15) is 14.7 Å². The van der Waals surface area contributed by atoms with Gasteiger partial charge < -0.3 is 25.2 Å². The molecule has 3 N–H and O–H groups in total. The number of aliphatic hydroxyl groups is 1. The molecule has 136 valence electrons. The maximum atomic E-state index is 12.1. The summed E-state index contributed by atoms with van der Waals surface area (Å²) in [6.07, 6.45) is 0. The molecule has 1 unspecified atom stereocenters. The lowest BCUT2D eigenvalue weighted by Crippen LogP contribution is -2.43. The Kier molecular flexibility index (Phi) is 5.09. The molecule has 26 heavy (non-hydrogen) atoms. The summed E-state index contributed by atoms with van der Waals surface area (Å²) in [6, 6.07) is 13.8. The van der Waals surface area contributed by atoms with E-state index in [-0.39, 0.29) is 6.54 Å². The van der Waals surface area contributed by atoms with Gasteiger partial charge in [0, 0.05) is 11.8 Å². The predicted molar refractivity (Wildman–Crippen MR) is 95.1 cm³/mol. The van der Waals surface area contributed by atoms with Gasteiger partial charge in [-0.25, -0.2) is 0 Å². The second-order valence-corrected chi connectivity index (χ2v) is 6.14. The number of hydrogen-bond donors (Lipinski definition) is 3. The highest BCUT2D eigenvalue weighted by atomic mass is 16.6.